The van der Waals surface area contributed by atoms with Crippen LogP contribution >= 0.6 is 0 Å². The first-order valence-electron chi connectivity index (χ1n) is 8.41. The third-order valence-corrected chi connectivity index (χ3v) is 3.45. The average molecular weight is 324 g/mol. The predicted molar refractivity (Wildman–Crippen MR) is 87.5 cm³/mol. The number of hydrogen-bond donors (Lipinski definition) is 0. The van der Waals surface area contributed by atoms with Crippen molar-refractivity contribution in [2.45, 2.75) is 25.6 Å². The molecule has 1 aromatic rings. The maximum atomic E-state index is 5.86. The summed E-state index contributed by atoms with van der Waals surface area (Å²) in [6.07, 6.45) is 1.72. The van der Waals surface area contributed by atoms with E-state index in [1.54, 1.807) is 0 Å². The first-order valence-corrected chi connectivity index (χ1v) is 8.41. The second kappa shape index (κ2) is 12.4. The number of benzene rings is 1. The molecule has 1 fully saturated rings. The molecule has 0 aliphatic carbocycles. The SMILES string of the molecule is c1ccc(COCC2COCCCOCCOCCCO2)cc1. The van der Waals surface area contributed by atoms with E-state index in [9.17, 15) is 0 Å². The predicted octanol–water partition coefficient (Wildman–Crippen LogP) is 2.43. The molecule has 5 nitrogen and oxygen atoms in total. The van der Waals surface area contributed by atoms with Gasteiger partial charge in [-0.15, -0.1) is 0 Å². The van der Waals surface area contributed by atoms with E-state index in [0.29, 0.717) is 59.5 Å². The van der Waals surface area contributed by atoms with Crippen LogP contribution in [0.4, 0.5) is 0 Å². The fourth-order valence-electron chi connectivity index (χ4n) is 2.24. The second-order valence-electron chi connectivity index (χ2n) is 5.50. The minimum Gasteiger partial charge on any atom is -0.379 e. The van der Waals surface area contributed by atoms with E-state index >= 15 is 0 Å². The van der Waals surface area contributed by atoms with Gasteiger partial charge in [-0.3, -0.25) is 0 Å². The van der Waals surface area contributed by atoms with Crippen molar-refractivity contribution in [1.29, 1.82) is 0 Å². The molecule has 0 spiro atoms. The molecule has 1 heterocycles. The van der Waals surface area contributed by atoms with E-state index in [1.165, 1.54) is 5.56 Å². The Morgan fingerprint density at radius 3 is 2.30 bits per heavy atom. The van der Waals surface area contributed by atoms with Crippen LogP contribution in [0.25, 0.3) is 0 Å². The van der Waals surface area contributed by atoms with E-state index in [4.69, 9.17) is 23.7 Å². The zero-order chi connectivity index (χ0) is 16.0. The molecule has 5 heteroatoms. The van der Waals surface area contributed by atoms with E-state index in [-0.39, 0.29) is 6.10 Å². The van der Waals surface area contributed by atoms with Gasteiger partial charge >= 0.3 is 0 Å². The van der Waals surface area contributed by atoms with Crippen LogP contribution in [0, 0.1) is 0 Å². The number of ether oxygens (including phenoxy) is 5. The lowest BCUT2D eigenvalue weighted by molar-refractivity contribution is -0.0723. The molecule has 1 atom stereocenters. The second-order valence-corrected chi connectivity index (χ2v) is 5.50. The summed E-state index contributed by atoms with van der Waals surface area (Å²) in [4.78, 5) is 0. The van der Waals surface area contributed by atoms with Crippen molar-refractivity contribution in [1.82, 2.24) is 0 Å². The van der Waals surface area contributed by atoms with Gasteiger partial charge < -0.3 is 23.7 Å². The van der Waals surface area contributed by atoms with Crippen molar-refractivity contribution in [3.63, 3.8) is 0 Å². The molecular formula is C18H28O5. The van der Waals surface area contributed by atoms with Crippen LogP contribution in [0.5, 0.6) is 0 Å². The Hall–Kier alpha value is -0.980. The van der Waals surface area contributed by atoms with Gasteiger partial charge in [0.1, 0.15) is 6.10 Å². The Morgan fingerprint density at radius 2 is 1.52 bits per heavy atom. The number of hydrogen-bond acceptors (Lipinski definition) is 5. The fourth-order valence-corrected chi connectivity index (χ4v) is 2.24. The third kappa shape index (κ3) is 9.03. The fraction of sp³-hybridized carbons (Fsp3) is 0.667. The van der Waals surface area contributed by atoms with Crippen LogP contribution in [0.3, 0.4) is 0 Å². The Bertz CT molecular complexity index is 370. The summed E-state index contributed by atoms with van der Waals surface area (Å²) in [5.41, 5.74) is 1.17. The quantitative estimate of drug-likeness (QED) is 0.851. The van der Waals surface area contributed by atoms with Gasteiger partial charge in [-0.25, -0.2) is 0 Å². The molecule has 1 saturated heterocycles. The lowest BCUT2D eigenvalue weighted by atomic mass is 10.2. The lowest BCUT2D eigenvalue weighted by Gasteiger charge is -2.19. The molecule has 130 valence electrons. The van der Waals surface area contributed by atoms with Crippen molar-refractivity contribution in [3.8, 4) is 0 Å². The third-order valence-electron chi connectivity index (χ3n) is 3.45. The molecule has 0 amide bonds. The van der Waals surface area contributed by atoms with E-state index in [1.807, 2.05) is 18.2 Å². The Kier molecular flexibility index (Phi) is 9.93. The molecule has 1 unspecified atom stereocenters. The minimum absolute atomic E-state index is 0.0393. The van der Waals surface area contributed by atoms with Gasteiger partial charge in [0.25, 0.3) is 0 Å². The van der Waals surface area contributed by atoms with E-state index in [0.717, 1.165) is 12.8 Å². The zero-order valence-electron chi connectivity index (χ0n) is 13.8. The summed E-state index contributed by atoms with van der Waals surface area (Å²) in [5.74, 6) is 0. The van der Waals surface area contributed by atoms with Crippen LogP contribution in [0.1, 0.15) is 18.4 Å². The highest BCUT2D eigenvalue weighted by Gasteiger charge is 2.10. The molecule has 1 aliphatic rings. The van der Waals surface area contributed by atoms with E-state index in [2.05, 4.69) is 12.1 Å². The van der Waals surface area contributed by atoms with Gasteiger partial charge in [-0.1, -0.05) is 30.3 Å². The van der Waals surface area contributed by atoms with Gasteiger partial charge in [0, 0.05) is 26.4 Å². The Balaban J connectivity index is 1.67. The van der Waals surface area contributed by atoms with Gasteiger partial charge in [0.15, 0.2) is 0 Å². The number of rotatable bonds is 4. The monoisotopic (exact) mass is 324 g/mol. The highest BCUT2D eigenvalue weighted by atomic mass is 16.6. The van der Waals surface area contributed by atoms with Crippen molar-refractivity contribution >= 4 is 0 Å². The van der Waals surface area contributed by atoms with Gasteiger partial charge in [0.05, 0.1) is 33.0 Å². The van der Waals surface area contributed by atoms with Crippen molar-refractivity contribution in [3.05, 3.63) is 35.9 Å². The molecule has 0 N–H and O–H groups in total. The van der Waals surface area contributed by atoms with E-state index < -0.39 is 0 Å². The van der Waals surface area contributed by atoms with Gasteiger partial charge in [-0.05, 0) is 18.4 Å². The molecule has 1 aromatic carbocycles. The first kappa shape index (κ1) is 18.4. The largest absolute Gasteiger partial charge is 0.379 e. The first-order chi connectivity index (χ1) is 11.4. The summed E-state index contributed by atoms with van der Waals surface area (Å²) < 4.78 is 28.3. The van der Waals surface area contributed by atoms with Crippen LogP contribution in [-0.2, 0) is 30.3 Å². The summed E-state index contributed by atoms with van der Waals surface area (Å²) in [5, 5.41) is 0. The normalized spacial score (nSPS) is 22.3. The molecule has 1 aliphatic heterocycles. The smallest absolute Gasteiger partial charge is 0.104 e. The molecule has 23 heavy (non-hydrogen) atoms. The Morgan fingerprint density at radius 1 is 0.826 bits per heavy atom. The molecule has 2 rings (SSSR count). The van der Waals surface area contributed by atoms with Crippen LogP contribution < -0.4 is 0 Å². The molecule has 0 radical (unpaired) electrons. The van der Waals surface area contributed by atoms with Crippen molar-refractivity contribution in [2.24, 2.45) is 0 Å². The molecule has 0 bridgehead atoms. The molecule has 0 saturated carbocycles. The minimum atomic E-state index is -0.0393. The maximum absolute atomic E-state index is 5.86. The van der Waals surface area contributed by atoms with Crippen LogP contribution in [0.2, 0.25) is 0 Å². The topological polar surface area (TPSA) is 46.2 Å². The summed E-state index contributed by atoms with van der Waals surface area (Å²) in [7, 11) is 0. The standard InChI is InChI=1S/C18H28O5/c1-2-6-17(7-3-1)14-22-16-18-15-21-10-4-8-19-12-13-20-9-5-11-23-18/h1-3,6-7,18H,4-5,8-16H2. The Labute approximate surface area is 138 Å². The summed E-state index contributed by atoms with van der Waals surface area (Å²) in [6, 6.07) is 10.2. The zero-order valence-corrected chi connectivity index (χ0v) is 13.8. The highest BCUT2D eigenvalue weighted by molar-refractivity contribution is 5.13. The van der Waals surface area contributed by atoms with Gasteiger partial charge in [-0.2, -0.15) is 0 Å². The van der Waals surface area contributed by atoms with Crippen molar-refractivity contribution in [2.75, 3.05) is 52.9 Å². The summed E-state index contributed by atoms with van der Waals surface area (Å²) >= 11 is 0. The van der Waals surface area contributed by atoms with Crippen LogP contribution in [-0.4, -0.2) is 59.0 Å². The van der Waals surface area contributed by atoms with Crippen molar-refractivity contribution < 1.29 is 23.7 Å². The summed E-state index contributed by atoms with van der Waals surface area (Å²) in [6.45, 7) is 5.71. The lowest BCUT2D eigenvalue weighted by Crippen LogP contribution is -2.27. The molecule has 0 aromatic heterocycles. The molecular weight excluding hydrogens is 296 g/mol. The van der Waals surface area contributed by atoms with Gasteiger partial charge in [0.2, 0.25) is 0 Å². The average Bonchev–Trinajstić information content (AvgIpc) is 2.59. The van der Waals surface area contributed by atoms with Crippen LogP contribution in [0.15, 0.2) is 30.3 Å². The maximum Gasteiger partial charge on any atom is 0.104 e. The highest BCUT2D eigenvalue weighted by Crippen LogP contribution is 2.04.